The fourth-order valence-corrected chi connectivity index (χ4v) is 5.79. The Hall–Kier alpha value is -3.52. The van der Waals surface area contributed by atoms with Crippen LogP contribution >= 0.6 is 0 Å². The molecule has 1 fully saturated rings. The van der Waals surface area contributed by atoms with Crippen molar-refractivity contribution in [3.8, 4) is 5.75 Å². The number of H-pyrrole nitrogens is 1. The fourth-order valence-electron chi connectivity index (χ4n) is 5.79. The molecule has 0 amide bonds. The molecule has 1 atom stereocenters. The lowest BCUT2D eigenvalue weighted by Crippen LogP contribution is -2.39. The Bertz CT molecular complexity index is 1420. The third-order valence-corrected chi connectivity index (χ3v) is 7.67. The van der Waals surface area contributed by atoms with Crippen LogP contribution in [0.4, 0.5) is 0 Å². The van der Waals surface area contributed by atoms with Crippen molar-refractivity contribution in [3.63, 3.8) is 0 Å². The number of pyridine rings is 1. The summed E-state index contributed by atoms with van der Waals surface area (Å²) in [5.74, 6) is 1.67. The molecule has 194 valence electrons. The van der Waals surface area contributed by atoms with Gasteiger partial charge in [-0.3, -0.25) is 9.69 Å². The van der Waals surface area contributed by atoms with E-state index < -0.39 is 0 Å². The van der Waals surface area contributed by atoms with E-state index in [2.05, 4.69) is 58.3 Å². The highest BCUT2D eigenvalue weighted by atomic mass is 16.5. The number of hydrogen-bond acceptors (Lipinski definition) is 6. The first kappa shape index (κ1) is 25.1. The highest BCUT2D eigenvalue weighted by Gasteiger charge is 2.32. The monoisotopic (exact) mass is 500 g/mol. The van der Waals surface area contributed by atoms with Gasteiger partial charge in [0, 0.05) is 29.1 Å². The Kier molecular flexibility index (Phi) is 7.37. The summed E-state index contributed by atoms with van der Waals surface area (Å²) in [6, 6.07) is 14.7. The smallest absolute Gasteiger partial charge is 0.252 e. The molecule has 1 N–H and O–H groups in total. The van der Waals surface area contributed by atoms with E-state index in [0.29, 0.717) is 19.1 Å². The zero-order valence-electron chi connectivity index (χ0n) is 22.2. The molecule has 2 heterocycles. The molecule has 0 aliphatic heterocycles. The van der Waals surface area contributed by atoms with Crippen molar-refractivity contribution < 1.29 is 4.74 Å². The van der Waals surface area contributed by atoms with Crippen molar-refractivity contribution >= 4 is 10.9 Å². The minimum absolute atomic E-state index is 0.00515. The molecule has 1 unspecified atom stereocenters. The molecule has 5 rings (SSSR count). The fraction of sp³-hybridized carbons (Fsp3) is 0.448. The molecule has 1 aliphatic rings. The molecule has 0 radical (unpaired) electrons. The van der Waals surface area contributed by atoms with Crippen LogP contribution in [-0.2, 0) is 13.1 Å². The molecular weight excluding hydrogens is 464 g/mol. The summed E-state index contributed by atoms with van der Waals surface area (Å²) < 4.78 is 7.19. The molecule has 1 aliphatic carbocycles. The second kappa shape index (κ2) is 10.8. The molecule has 4 aromatic rings. The molecule has 0 spiro atoms. The summed E-state index contributed by atoms with van der Waals surface area (Å²) >= 11 is 0. The quantitative estimate of drug-likeness (QED) is 0.345. The number of ether oxygens (including phenoxy) is 1. The number of nitrogens with one attached hydrogen (secondary N) is 1. The van der Waals surface area contributed by atoms with Gasteiger partial charge in [0.1, 0.15) is 5.75 Å². The molecule has 8 nitrogen and oxygen atoms in total. The number of fused-ring (bicyclic) bond motifs is 1. The normalized spacial score (nSPS) is 15.1. The lowest BCUT2D eigenvalue weighted by molar-refractivity contribution is 0.112. The SMILES string of the molecule is CCC(c1nnnn1Cc1ccc(OC)cc1)N(Cc1cc2c(C)cc(C)cc2[nH]c1=O)C1CCCC1. The molecule has 1 saturated carbocycles. The number of nitrogens with zero attached hydrogens (tertiary/aromatic N) is 5. The number of methoxy groups -OCH3 is 1. The lowest BCUT2D eigenvalue weighted by atomic mass is 10.0. The summed E-state index contributed by atoms with van der Waals surface area (Å²) in [6.07, 6.45) is 5.52. The van der Waals surface area contributed by atoms with Gasteiger partial charge in [-0.2, -0.15) is 0 Å². The highest BCUT2D eigenvalue weighted by Crippen LogP contribution is 2.34. The molecule has 37 heavy (non-hydrogen) atoms. The maximum absolute atomic E-state index is 13.2. The van der Waals surface area contributed by atoms with Gasteiger partial charge in [-0.15, -0.1) is 5.10 Å². The Morgan fingerprint density at radius 2 is 1.89 bits per heavy atom. The summed E-state index contributed by atoms with van der Waals surface area (Å²) in [6.45, 7) is 7.49. The summed E-state index contributed by atoms with van der Waals surface area (Å²) in [7, 11) is 1.67. The van der Waals surface area contributed by atoms with Crippen LogP contribution in [0.25, 0.3) is 10.9 Å². The van der Waals surface area contributed by atoms with Crippen LogP contribution in [-0.4, -0.2) is 43.2 Å². The van der Waals surface area contributed by atoms with Gasteiger partial charge in [-0.05, 0) is 84.5 Å². The minimum Gasteiger partial charge on any atom is -0.497 e. The average molecular weight is 501 g/mol. The van der Waals surface area contributed by atoms with Crippen molar-refractivity contribution in [2.24, 2.45) is 0 Å². The average Bonchev–Trinajstić information content (AvgIpc) is 3.58. The van der Waals surface area contributed by atoms with Crippen molar-refractivity contribution in [1.82, 2.24) is 30.1 Å². The van der Waals surface area contributed by atoms with E-state index in [4.69, 9.17) is 4.74 Å². The molecule has 8 heteroatoms. The second-order valence-corrected chi connectivity index (χ2v) is 10.2. The van der Waals surface area contributed by atoms with Gasteiger partial charge in [0.2, 0.25) is 0 Å². The molecule has 2 aromatic carbocycles. The van der Waals surface area contributed by atoms with Crippen LogP contribution in [0.15, 0.2) is 47.3 Å². The maximum Gasteiger partial charge on any atom is 0.252 e. The van der Waals surface area contributed by atoms with Crippen LogP contribution in [0.3, 0.4) is 0 Å². The van der Waals surface area contributed by atoms with Gasteiger partial charge < -0.3 is 9.72 Å². The van der Waals surface area contributed by atoms with Gasteiger partial charge in [-0.25, -0.2) is 4.68 Å². The molecule has 2 aromatic heterocycles. The van der Waals surface area contributed by atoms with E-state index in [1.54, 1.807) is 7.11 Å². The van der Waals surface area contributed by atoms with Crippen LogP contribution < -0.4 is 10.3 Å². The van der Waals surface area contributed by atoms with Crippen LogP contribution in [0.1, 0.15) is 73.1 Å². The zero-order chi connectivity index (χ0) is 25.9. The first-order chi connectivity index (χ1) is 18.0. The summed E-state index contributed by atoms with van der Waals surface area (Å²) in [4.78, 5) is 18.8. The number of aryl methyl sites for hydroxylation is 2. The summed E-state index contributed by atoms with van der Waals surface area (Å²) in [5, 5.41) is 14.0. The molecule has 0 saturated heterocycles. The van der Waals surface area contributed by atoms with E-state index >= 15 is 0 Å². The van der Waals surface area contributed by atoms with Gasteiger partial charge >= 0.3 is 0 Å². The van der Waals surface area contributed by atoms with Crippen molar-refractivity contribution in [2.75, 3.05) is 7.11 Å². The summed E-state index contributed by atoms with van der Waals surface area (Å²) in [5.41, 5.74) is 5.10. The predicted octanol–water partition coefficient (Wildman–Crippen LogP) is 5.08. The zero-order valence-corrected chi connectivity index (χ0v) is 22.2. The first-order valence-electron chi connectivity index (χ1n) is 13.2. The number of rotatable bonds is 9. The molecule has 0 bridgehead atoms. The topological polar surface area (TPSA) is 88.9 Å². The Labute approximate surface area is 217 Å². The number of benzene rings is 2. The third kappa shape index (κ3) is 5.30. The van der Waals surface area contributed by atoms with Crippen LogP contribution in [0.2, 0.25) is 0 Å². The van der Waals surface area contributed by atoms with E-state index in [1.165, 1.54) is 18.4 Å². The van der Waals surface area contributed by atoms with Crippen molar-refractivity contribution in [3.05, 3.63) is 80.9 Å². The first-order valence-corrected chi connectivity index (χ1v) is 13.2. The van der Waals surface area contributed by atoms with E-state index in [-0.39, 0.29) is 11.6 Å². The van der Waals surface area contributed by atoms with Crippen LogP contribution in [0, 0.1) is 13.8 Å². The van der Waals surface area contributed by atoms with Crippen LogP contribution in [0.5, 0.6) is 5.75 Å². The van der Waals surface area contributed by atoms with E-state index in [9.17, 15) is 4.79 Å². The van der Waals surface area contributed by atoms with Crippen molar-refractivity contribution in [1.29, 1.82) is 0 Å². The maximum atomic E-state index is 13.2. The Morgan fingerprint density at radius 1 is 1.14 bits per heavy atom. The highest BCUT2D eigenvalue weighted by molar-refractivity contribution is 5.83. The number of aromatic nitrogens is 5. The number of aromatic amines is 1. The standard InChI is InChI=1S/C29H36N6O2/c1-5-27(28-31-32-33-35(28)17-21-10-12-24(37-4)13-11-21)34(23-8-6-7-9-23)18-22-16-25-20(3)14-19(2)15-26(25)30-29(22)36/h10-16,23,27H,5-9,17-18H2,1-4H3,(H,30,36). The van der Waals surface area contributed by atoms with E-state index in [0.717, 1.165) is 58.4 Å². The second-order valence-electron chi connectivity index (χ2n) is 10.2. The largest absolute Gasteiger partial charge is 0.497 e. The lowest BCUT2D eigenvalue weighted by Gasteiger charge is -2.35. The van der Waals surface area contributed by atoms with Crippen molar-refractivity contribution in [2.45, 2.75) is 78.0 Å². The van der Waals surface area contributed by atoms with Gasteiger partial charge in [-0.1, -0.05) is 38.0 Å². The number of hydrogen-bond donors (Lipinski definition) is 1. The minimum atomic E-state index is -0.0202. The van der Waals surface area contributed by atoms with Gasteiger partial charge in [0.05, 0.1) is 19.7 Å². The Balaban J connectivity index is 1.49. The predicted molar refractivity (Wildman–Crippen MR) is 145 cm³/mol. The van der Waals surface area contributed by atoms with Gasteiger partial charge in [0.15, 0.2) is 5.82 Å². The third-order valence-electron chi connectivity index (χ3n) is 7.67. The van der Waals surface area contributed by atoms with Gasteiger partial charge in [0.25, 0.3) is 5.56 Å². The van der Waals surface area contributed by atoms with E-state index in [1.807, 2.05) is 35.0 Å². The number of tetrazole rings is 1. The molecular formula is C29H36N6O2. The Morgan fingerprint density at radius 3 is 2.59 bits per heavy atom.